The van der Waals surface area contributed by atoms with Crippen LogP contribution in [0.25, 0.3) is 0 Å². The fourth-order valence-electron chi connectivity index (χ4n) is 2.74. The van der Waals surface area contributed by atoms with Crippen molar-refractivity contribution in [3.8, 4) is 5.75 Å². The van der Waals surface area contributed by atoms with Crippen LogP contribution in [0.1, 0.15) is 30.0 Å². The van der Waals surface area contributed by atoms with E-state index in [0.29, 0.717) is 10.7 Å². The van der Waals surface area contributed by atoms with E-state index in [1.807, 2.05) is 6.07 Å². The number of rotatable bonds is 2. The van der Waals surface area contributed by atoms with Gasteiger partial charge >= 0.3 is 0 Å². The molecule has 1 atom stereocenters. The van der Waals surface area contributed by atoms with E-state index >= 15 is 0 Å². The summed E-state index contributed by atoms with van der Waals surface area (Å²) in [7, 11) is 0. The maximum atomic E-state index is 13.9. The minimum atomic E-state index is -0.344. The molecule has 2 N–H and O–H groups in total. The molecule has 0 aromatic heterocycles. The molecule has 2 aromatic carbocycles. The highest BCUT2D eigenvalue weighted by Gasteiger charge is 2.21. The van der Waals surface area contributed by atoms with Gasteiger partial charge in [0.2, 0.25) is 0 Å². The average Bonchev–Trinajstić information content (AvgIpc) is 2.41. The van der Waals surface area contributed by atoms with E-state index in [1.165, 1.54) is 6.07 Å². The molecule has 104 valence electrons. The van der Waals surface area contributed by atoms with Gasteiger partial charge in [0.15, 0.2) is 0 Å². The second-order valence-corrected chi connectivity index (χ2v) is 5.53. The molecule has 0 amide bonds. The van der Waals surface area contributed by atoms with Crippen molar-refractivity contribution < 1.29 is 9.50 Å². The summed E-state index contributed by atoms with van der Waals surface area (Å²) in [5.41, 5.74) is 2.71. The lowest BCUT2D eigenvalue weighted by Gasteiger charge is -2.27. The number of aryl methyl sites for hydroxylation is 1. The van der Waals surface area contributed by atoms with Crippen LogP contribution in [-0.2, 0) is 6.42 Å². The summed E-state index contributed by atoms with van der Waals surface area (Å²) < 4.78 is 13.9. The van der Waals surface area contributed by atoms with E-state index in [2.05, 4.69) is 5.32 Å². The van der Waals surface area contributed by atoms with E-state index in [4.69, 9.17) is 11.6 Å². The Bertz CT molecular complexity index is 644. The van der Waals surface area contributed by atoms with Crippen LogP contribution in [0, 0.1) is 5.82 Å². The van der Waals surface area contributed by atoms with Crippen molar-refractivity contribution in [3.63, 3.8) is 0 Å². The summed E-state index contributed by atoms with van der Waals surface area (Å²) in [5.74, 6) is -0.0644. The van der Waals surface area contributed by atoms with E-state index in [9.17, 15) is 9.50 Å². The summed E-state index contributed by atoms with van der Waals surface area (Å²) in [6.07, 6.45) is 2.91. The molecule has 0 heterocycles. The molecule has 2 nitrogen and oxygen atoms in total. The SMILES string of the molecule is Oc1ccc2c(c1)CCCC2Nc1ccc(Cl)cc1F. The summed E-state index contributed by atoms with van der Waals surface area (Å²) in [4.78, 5) is 0. The predicted octanol–water partition coefficient (Wildman–Crippen LogP) is 4.67. The van der Waals surface area contributed by atoms with Gasteiger partial charge in [0, 0.05) is 5.02 Å². The second-order valence-electron chi connectivity index (χ2n) is 5.10. The topological polar surface area (TPSA) is 32.3 Å². The number of hydrogen-bond acceptors (Lipinski definition) is 2. The smallest absolute Gasteiger partial charge is 0.147 e. The fraction of sp³-hybridized carbons (Fsp3) is 0.250. The summed E-state index contributed by atoms with van der Waals surface area (Å²) in [6.45, 7) is 0. The maximum absolute atomic E-state index is 13.9. The van der Waals surface area contributed by atoms with E-state index in [1.54, 1.807) is 24.3 Å². The van der Waals surface area contributed by atoms with Gasteiger partial charge in [-0.25, -0.2) is 4.39 Å². The Labute approximate surface area is 122 Å². The van der Waals surface area contributed by atoms with Gasteiger partial charge < -0.3 is 10.4 Å². The number of anilines is 1. The molecular formula is C16H15ClFNO. The number of phenols is 1. The molecule has 1 unspecified atom stereocenters. The lowest BCUT2D eigenvalue weighted by molar-refractivity contribution is 0.472. The highest BCUT2D eigenvalue weighted by molar-refractivity contribution is 6.30. The van der Waals surface area contributed by atoms with E-state index < -0.39 is 0 Å². The number of fused-ring (bicyclic) bond motifs is 1. The quantitative estimate of drug-likeness (QED) is 0.842. The lowest BCUT2D eigenvalue weighted by Crippen LogP contribution is -2.17. The van der Waals surface area contributed by atoms with Gasteiger partial charge in [-0.1, -0.05) is 17.7 Å². The molecule has 1 aliphatic carbocycles. The van der Waals surface area contributed by atoms with Gasteiger partial charge in [-0.3, -0.25) is 0 Å². The van der Waals surface area contributed by atoms with Gasteiger partial charge in [0.1, 0.15) is 11.6 Å². The van der Waals surface area contributed by atoms with Gasteiger partial charge in [-0.2, -0.15) is 0 Å². The molecule has 0 spiro atoms. The fourth-order valence-corrected chi connectivity index (χ4v) is 2.90. The molecule has 0 bridgehead atoms. The van der Waals surface area contributed by atoms with Crippen LogP contribution >= 0.6 is 11.6 Å². The number of nitrogens with one attached hydrogen (secondary N) is 1. The normalized spacial score (nSPS) is 17.6. The maximum Gasteiger partial charge on any atom is 0.147 e. The van der Waals surface area contributed by atoms with Crippen LogP contribution in [0.4, 0.5) is 10.1 Å². The Balaban J connectivity index is 1.89. The van der Waals surface area contributed by atoms with Crippen molar-refractivity contribution in [1.29, 1.82) is 0 Å². The first-order valence-corrected chi connectivity index (χ1v) is 7.04. The number of aromatic hydroxyl groups is 1. The molecule has 4 heteroatoms. The Morgan fingerprint density at radius 2 is 2.05 bits per heavy atom. The van der Waals surface area contributed by atoms with Crippen LogP contribution in [0.15, 0.2) is 36.4 Å². The van der Waals surface area contributed by atoms with Crippen molar-refractivity contribution >= 4 is 17.3 Å². The van der Waals surface area contributed by atoms with Crippen LogP contribution in [-0.4, -0.2) is 5.11 Å². The van der Waals surface area contributed by atoms with Gasteiger partial charge in [0.25, 0.3) is 0 Å². The minimum absolute atomic E-state index is 0.0648. The summed E-state index contributed by atoms with van der Waals surface area (Å²) in [5, 5.41) is 13.2. The van der Waals surface area contributed by atoms with Crippen LogP contribution < -0.4 is 5.32 Å². The Morgan fingerprint density at radius 1 is 1.20 bits per heavy atom. The molecule has 0 aliphatic heterocycles. The van der Waals surface area contributed by atoms with Crippen LogP contribution in [0.2, 0.25) is 5.02 Å². The highest BCUT2D eigenvalue weighted by atomic mass is 35.5. The predicted molar refractivity (Wildman–Crippen MR) is 78.8 cm³/mol. The van der Waals surface area contributed by atoms with Crippen molar-refractivity contribution in [3.05, 3.63) is 58.4 Å². The zero-order valence-corrected chi connectivity index (χ0v) is 11.6. The highest BCUT2D eigenvalue weighted by Crippen LogP contribution is 2.35. The Kier molecular flexibility index (Phi) is 3.53. The van der Waals surface area contributed by atoms with E-state index in [-0.39, 0.29) is 17.6 Å². The van der Waals surface area contributed by atoms with Crippen molar-refractivity contribution in [2.24, 2.45) is 0 Å². The number of benzene rings is 2. The lowest BCUT2D eigenvalue weighted by atomic mass is 9.87. The van der Waals surface area contributed by atoms with Gasteiger partial charge in [0.05, 0.1) is 11.7 Å². The first kappa shape index (κ1) is 13.3. The third-order valence-corrected chi connectivity index (χ3v) is 3.94. The van der Waals surface area contributed by atoms with Crippen molar-refractivity contribution in [2.75, 3.05) is 5.32 Å². The van der Waals surface area contributed by atoms with Gasteiger partial charge in [-0.05, 0) is 60.7 Å². The standard InChI is InChI=1S/C16H15ClFNO/c17-11-4-7-16(14(18)9-11)19-15-3-1-2-10-8-12(20)5-6-13(10)15/h4-9,15,19-20H,1-3H2. The number of hydrogen-bond donors (Lipinski definition) is 2. The van der Waals surface area contributed by atoms with Crippen LogP contribution in [0.5, 0.6) is 5.75 Å². The first-order chi connectivity index (χ1) is 9.63. The number of halogens is 2. The second kappa shape index (κ2) is 5.33. The third-order valence-electron chi connectivity index (χ3n) is 3.70. The van der Waals surface area contributed by atoms with Gasteiger partial charge in [-0.15, -0.1) is 0 Å². The molecular weight excluding hydrogens is 277 g/mol. The minimum Gasteiger partial charge on any atom is -0.508 e. The molecule has 1 aliphatic rings. The summed E-state index contributed by atoms with van der Waals surface area (Å²) in [6, 6.07) is 10.1. The molecule has 2 aromatic rings. The van der Waals surface area contributed by atoms with Crippen molar-refractivity contribution in [1.82, 2.24) is 0 Å². The Hall–Kier alpha value is -1.74. The van der Waals surface area contributed by atoms with Crippen molar-refractivity contribution in [2.45, 2.75) is 25.3 Å². The average molecular weight is 292 g/mol. The van der Waals surface area contributed by atoms with E-state index in [0.717, 1.165) is 30.4 Å². The summed E-state index contributed by atoms with van der Waals surface area (Å²) >= 11 is 5.76. The van der Waals surface area contributed by atoms with Crippen LogP contribution in [0.3, 0.4) is 0 Å². The first-order valence-electron chi connectivity index (χ1n) is 6.67. The molecule has 3 rings (SSSR count). The molecule has 0 saturated heterocycles. The number of phenolic OH excluding ortho intramolecular Hbond substituents is 1. The molecule has 0 saturated carbocycles. The molecule has 20 heavy (non-hydrogen) atoms. The molecule has 0 radical (unpaired) electrons. The largest absolute Gasteiger partial charge is 0.508 e. The Morgan fingerprint density at radius 3 is 2.85 bits per heavy atom. The zero-order chi connectivity index (χ0) is 14.1. The monoisotopic (exact) mass is 291 g/mol. The zero-order valence-electron chi connectivity index (χ0n) is 10.9. The third kappa shape index (κ3) is 2.59. The molecule has 0 fully saturated rings.